The van der Waals surface area contributed by atoms with Gasteiger partial charge in [-0.3, -0.25) is 0 Å². The SMILES string of the molecule is CC1=CC=CC2=[C]C(C)(C)C(C)=C2C1(C)C. The van der Waals surface area contributed by atoms with Crippen LogP contribution in [0.15, 0.2) is 40.5 Å². The normalized spacial score (nSPS) is 26.1. The van der Waals surface area contributed by atoms with Gasteiger partial charge in [0.25, 0.3) is 0 Å². The molecule has 85 valence electrons. The van der Waals surface area contributed by atoms with E-state index >= 15 is 0 Å². The van der Waals surface area contributed by atoms with E-state index in [1.807, 2.05) is 0 Å². The van der Waals surface area contributed by atoms with Gasteiger partial charge in [0.2, 0.25) is 0 Å². The summed E-state index contributed by atoms with van der Waals surface area (Å²) < 4.78 is 0. The quantitative estimate of drug-likeness (QED) is 0.551. The Kier molecular flexibility index (Phi) is 2.31. The molecule has 0 heterocycles. The third-order valence-corrected chi connectivity index (χ3v) is 4.25. The molecule has 2 rings (SSSR count). The molecule has 2 aliphatic carbocycles. The van der Waals surface area contributed by atoms with Crippen molar-refractivity contribution in [3.63, 3.8) is 0 Å². The molecule has 0 N–H and O–H groups in total. The van der Waals surface area contributed by atoms with Crippen molar-refractivity contribution in [3.8, 4) is 0 Å². The van der Waals surface area contributed by atoms with Gasteiger partial charge in [-0.2, -0.15) is 0 Å². The summed E-state index contributed by atoms with van der Waals surface area (Å²) in [6.07, 6.45) is 10.2. The largest absolute Gasteiger partial charge is 0.0633 e. The molecular weight excluding hydrogens is 192 g/mol. The molecule has 0 amide bonds. The highest BCUT2D eigenvalue weighted by Crippen LogP contribution is 2.50. The number of rotatable bonds is 0. The average molecular weight is 213 g/mol. The molecular formula is C16H21. The Morgan fingerprint density at radius 3 is 2.31 bits per heavy atom. The van der Waals surface area contributed by atoms with Crippen LogP contribution in [0.2, 0.25) is 0 Å². The highest BCUT2D eigenvalue weighted by atomic mass is 14.4. The van der Waals surface area contributed by atoms with E-state index in [-0.39, 0.29) is 10.8 Å². The number of allylic oxidation sites excluding steroid dienone is 8. The zero-order valence-corrected chi connectivity index (χ0v) is 11.2. The Labute approximate surface area is 99.4 Å². The molecule has 16 heavy (non-hydrogen) atoms. The second-order valence-corrected chi connectivity index (χ2v) is 6.00. The van der Waals surface area contributed by atoms with Crippen LogP contribution in [-0.2, 0) is 0 Å². The molecule has 0 aromatic heterocycles. The maximum atomic E-state index is 3.62. The molecule has 0 bridgehead atoms. The van der Waals surface area contributed by atoms with Gasteiger partial charge in [0.15, 0.2) is 0 Å². The predicted molar refractivity (Wildman–Crippen MR) is 69.9 cm³/mol. The van der Waals surface area contributed by atoms with Crippen molar-refractivity contribution in [2.24, 2.45) is 10.8 Å². The lowest BCUT2D eigenvalue weighted by molar-refractivity contribution is 0.519. The molecule has 0 aliphatic heterocycles. The fourth-order valence-electron chi connectivity index (χ4n) is 2.63. The van der Waals surface area contributed by atoms with E-state index in [1.54, 1.807) is 0 Å². The van der Waals surface area contributed by atoms with Crippen molar-refractivity contribution >= 4 is 0 Å². The van der Waals surface area contributed by atoms with Crippen molar-refractivity contribution in [3.05, 3.63) is 46.6 Å². The molecule has 0 heteroatoms. The maximum Gasteiger partial charge on any atom is 0.0118 e. The van der Waals surface area contributed by atoms with Gasteiger partial charge in [-0.25, -0.2) is 0 Å². The van der Waals surface area contributed by atoms with Gasteiger partial charge in [-0.1, -0.05) is 57.1 Å². The van der Waals surface area contributed by atoms with Crippen LogP contribution in [0.5, 0.6) is 0 Å². The molecule has 0 aromatic carbocycles. The minimum atomic E-state index is 0.0872. The summed E-state index contributed by atoms with van der Waals surface area (Å²) in [6.45, 7) is 13.6. The van der Waals surface area contributed by atoms with Crippen molar-refractivity contribution < 1.29 is 0 Å². The van der Waals surface area contributed by atoms with E-state index in [0.29, 0.717) is 0 Å². The summed E-state index contributed by atoms with van der Waals surface area (Å²) in [5.74, 6) is 0. The average Bonchev–Trinajstić information content (AvgIpc) is 2.31. The highest BCUT2D eigenvalue weighted by molar-refractivity contribution is 5.57. The fourth-order valence-corrected chi connectivity index (χ4v) is 2.63. The molecule has 0 aromatic rings. The summed E-state index contributed by atoms with van der Waals surface area (Å²) >= 11 is 0. The first-order chi connectivity index (χ1) is 7.27. The third-order valence-electron chi connectivity index (χ3n) is 4.25. The molecule has 0 nitrogen and oxygen atoms in total. The molecule has 2 aliphatic rings. The first-order valence-electron chi connectivity index (χ1n) is 5.99. The van der Waals surface area contributed by atoms with Gasteiger partial charge in [0.1, 0.15) is 0 Å². The van der Waals surface area contributed by atoms with Crippen molar-refractivity contribution in [1.82, 2.24) is 0 Å². The molecule has 0 atom stereocenters. The Morgan fingerprint density at radius 2 is 1.69 bits per heavy atom. The van der Waals surface area contributed by atoms with Gasteiger partial charge in [-0.05, 0) is 31.1 Å². The van der Waals surface area contributed by atoms with Gasteiger partial charge in [0, 0.05) is 10.8 Å². The molecule has 1 radical (unpaired) electrons. The van der Waals surface area contributed by atoms with Crippen LogP contribution < -0.4 is 0 Å². The first-order valence-corrected chi connectivity index (χ1v) is 5.99. The zero-order valence-electron chi connectivity index (χ0n) is 11.2. The lowest BCUT2D eigenvalue weighted by Crippen LogP contribution is -2.18. The van der Waals surface area contributed by atoms with Crippen LogP contribution in [0, 0.1) is 16.9 Å². The van der Waals surface area contributed by atoms with Gasteiger partial charge in [-0.15, -0.1) is 0 Å². The molecule has 0 saturated heterocycles. The molecule has 0 unspecified atom stereocenters. The summed E-state index contributed by atoms with van der Waals surface area (Å²) in [4.78, 5) is 0. The third kappa shape index (κ3) is 1.43. The number of hydrogen-bond donors (Lipinski definition) is 0. The second-order valence-electron chi connectivity index (χ2n) is 6.00. The Hall–Kier alpha value is -1.04. The summed E-state index contributed by atoms with van der Waals surface area (Å²) in [5.41, 5.74) is 5.87. The standard InChI is InChI=1S/C16H21/c1-11-8-7-9-13-10-15(3,4)12(2)14(13)16(11,5)6/h7-9H,1-6H3. The van der Waals surface area contributed by atoms with Crippen LogP contribution in [0.3, 0.4) is 0 Å². The Balaban J connectivity index is 2.69. The number of fused-ring (bicyclic) bond motifs is 1. The first kappa shape index (κ1) is 11.4. The smallest absolute Gasteiger partial charge is 0.0118 e. The minimum Gasteiger partial charge on any atom is -0.0633 e. The lowest BCUT2D eigenvalue weighted by atomic mass is 9.73. The highest BCUT2D eigenvalue weighted by Gasteiger charge is 2.38. The predicted octanol–water partition coefficient (Wildman–Crippen LogP) is 4.61. The van der Waals surface area contributed by atoms with Crippen LogP contribution in [0.25, 0.3) is 0 Å². The fraction of sp³-hybridized carbons (Fsp3) is 0.500. The zero-order chi connectivity index (χ0) is 12.1. The molecule has 0 spiro atoms. The van der Waals surface area contributed by atoms with Crippen molar-refractivity contribution in [2.75, 3.05) is 0 Å². The monoisotopic (exact) mass is 213 g/mol. The van der Waals surface area contributed by atoms with Crippen LogP contribution in [0.1, 0.15) is 41.5 Å². The van der Waals surface area contributed by atoms with E-state index in [4.69, 9.17) is 0 Å². The van der Waals surface area contributed by atoms with Crippen LogP contribution >= 0.6 is 0 Å². The Morgan fingerprint density at radius 1 is 1.06 bits per heavy atom. The lowest BCUT2D eigenvalue weighted by Gasteiger charge is -2.30. The molecule has 0 saturated carbocycles. The number of hydrogen-bond acceptors (Lipinski definition) is 0. The topological polar surface area (TPSA) is 0 Å². The van der Waals surface area contributed by atoms with E-state index in [9.17, 15) is 0 Å². The van der Waals surface area contributed by atoms with Crippen molar-refractivity contribution in [2.45, 2.75) is 41.5 Å². The second kappa shape index (κ2) is 3.23. The van der Waals surface area contributed by atoms with E-state index < -0.39 is 0 Å². The van der Waals surface area contributed by atoms with Crippen molar-refractivity contribution in [1.29, 1.82) is 0 Å². The van der Waals surface area contributed by atoms with Gasteiger partial charge in [0.05, 0.1) is 0 Å². The maximum absolute atomic E-state index is 3.62. The van der Waals surface area contributed by atoms with Crippen LogP contribution in [0.4, 0.5) is 0 Å². The summed E-state index contributed by atoms with van der Waals surface area (Å²) in [7, 11) is 0. The summed E-state index contributed by atoms with van der Waals surface area (Å²) in [6, 6.07) is 0. The minimum absolute atomic E-state index is 0.0872. The Bertz CT molecular complexity index is 448. The molecule has 0 fully saturated rings. The van der Waals surface area contributed by atoms with E-state index in [0.717, 1.165) is 0 Å². The van der Waals surface area contributed by atoms with Gasteiger partial charge >= 0.3 is 0 Å². The van der Waals surface area contributed by atoms with Crippen LogP contribution in [-0.4, -0.2) is 0 Å². The van der Waals surface area contributed by atoms with E-state index in [1.165, 1.54) is 22.3 Å². The summed E-state index contributed by atoms with van der Waals surface area (Å²) in [5, 5.41) is 0. The van der Waals surface area contributed by atoms with Gasteiger partial charge < -0.3 is 0 Å². The van der Waals surface area contributed by atoms with E-state index in [2.05, 4.69) is 65.8 Å².